The zero-order chi connectivity index (χ0) is 23.8. The Hall–Kier alpha value is -4.04. The number of rotatable bonds is 9. The Labute approximate surface area is 194 Å². The largest absolute Gasteiger partial charge is 0.456 e. The first-order valence-corrected chi connectivity index (χ1v) is 10.3. The molecule has 3 aromatic carbocycles. The number of esters is 1. The number of nitro benzene ring substituents is 1. The number of nitrogens with zero attached hydrogens (tertiary/aromatic N) is 1. The number of carbonyl (C=O) groups is 3. The molecule has 0 aromatic heterocycles. The lowest BCUT2D eigenvalue weighted by Gasteiger charge is -2.18. The minimum atomic E-state index is -1.08. The van der Waals surface area contributed by atoms with Crippen molar-refractivity contribution in [2.24, 2.45) is 0 Å². The third-order valence-electron chi connectivity index (χ3n) is 4.72. The van der Waals surface area contributed by atoms with Gasteiger partial charge in [-0.2, -0.15) is 0 Å². The maximum Gasteiger partial charge on any atom is 0.329 e. The van der Waals surface area contributed by atoms with Crippen molar-refractivity contribution in [2.75, 3.05) is 6.61 Å². The van der Waals surface area contributed by atoms with Gasteiger partial charge in [-0.3, -0.25) is 19.7 Å². The number of non-ortho nitro benzene ring substituents is 1. The van der Waals surface area contributed by atoms with Crippen molar-refractivity contribution in [3.05, 3.63) is 111 Å². The van der Waals surface area contributed by atoms with Crippen molar-refractivity contribution in [1.29, 1.82) is 0 Å². The Balaban J connectivity index is 1.70. The standard InChI is InChI=1S/C24H19ClN2O6/c25-19-10-6-17(7-11-19)22(28)15-33-24(30)21(14-16-4-2-1-3-5-16)26-23(29)18-8-12-20(13-9-18)27(31)32/h1-13,21H,14-15H2,(H,26,29)/t21-/m0/s1. The zero-order valence-corrected chi connectivity index (χ0v) is 18.0. The van der Waals surface area contributed by atoms with Crippen molar-refractivity contribution < 1.29 is 24.0 Å². The third-order valence-corrected chi connectivity index (χ3v) is 4.98. The van der Waals surface area contributed by atoms with Gasteiger partial charge in [0.25, 0.3) is 11.6 Å². The maximum atomic E-state index is 12.7. The number of carbonyl (C=O) groups excluding carboxylic acids is 3. The van der Waals surface area contributed by atoms with Crippen LogP contribution in [0, 0.1) is 10.1 Å². The zero-order valence-electron chi connectivity index (χ0n) is 17.3. The molecule has 0 aliphatic carbocycles. The second kappa shape index (κ2) is 11.0. The fraction of sp³-hybridized carbons (Fsp3) is 0.125. The molecule has 1 atom stereocenters. The van der Waals surface area contributed by atoms with Crippen LogP contribution in [0.15, 0.2) is 78.9 Å². The Kier molecular flexibility index (Phi) is 7.88. The van der Waals surface area contributed by atoms with Crippen LogP contribution in [0.25, 0.3) is 0 Å². The molecule has 8 nitrogen and oxygen atoms in total. The summed E-state index contributed by atoms with van der Waals surface area (Å²) in [6.07, 6.45) is 0.132. The van der Waals surface area contributed by atoms with Crippen LogP contribution in [0.4, 0.5) is 5.69 Å². The van der Waals surface area contributed by atoms with Crippen molar-refractivity contribution in [3.63, 3.8) is 0 Å². The van der Waals surface area contributed by atoms with Gasteiger partial charge < -0.3 is 10.1 Å². The smallest absolute Gasteiger partial charge is 0.329 e. The Morgan fingerprint density at radius 1 is 0.909 bits per heavy atom. The van der Waals surface area contributed by atoms with E-state index in [1.54, 1.807) is 36.4 Å². The van der Waals surface area contributed by atoms with E-state index in [9.17, 15) is 24.5 Å². The van der Waals surface area contributed by atoms with E-state index in [0.717, 1.165) is 5.56 Å². The Bertz CT molecular complexity index is 1150. The van der Waals surface area contributed by atoms with E-state index in [0.29, 0.717) is 10.6 Å². The third kappa shape index (κ3) is 6.72. The second-order valence-electron chi connectivity index (χ2n) is 7.06. The number of hydrogen-bond donors (Lipinski definition) is 1. The predicted molar refractivity (Wildman–Crippen MR) is 121 cm³/mol. The molecule has 0 heterocycles. The lowest BCUT2D eigenvalue weighted by Crippen LogP contribution is -2.43. The highest BCUT2D eigenvalue weighted by molar-refractivity contribution is 6.30. The van der Waals surface area contributed by atoms with Gasteiger partial charge in [-0.15, -0.1) is 0 Å². The maximum absolute atomic E-state index is 12.7. The molecule has 0 spiro atoms. The fourth-order valence-electron chi connectivity index (χ4n) is 2.98. The molecule has 0 saturated heterocycles. The van der Waals surface area contributed by atoms with Gasteiger partial charge in [0.05, 0.1) is 4.92 Å². The molecule has 0 fully saturated rings. The minimum Gasteiger partial charge on any atom is -0.456 e. The Morgan fingerprint density at radius 3 is 2.12 bits per heavy atom. The van der Waals surface area contributed by atoms with Crippen LogP contribution in [0.5, 0.6) is 0 Å². The van der Waals surface area contributed by atoms with Crippen molar-refractivity contribution in [1.82, 2.24) is 5.32 Å². The predicted octanol–water partition coefficient (Wildman–Crippen LogP) is 4.02. The first kappa shape index (κ1) is 23.6. The lowest BCUT2D eigenvalue weighted by atomic mass is 10.1. The number of amides is 1. The monoisotopic (exact) mass is 466 g/mol. The van der Waals surface area contributed by atoms with Crippen LogP contribution in [-0.2, 0) is 16.0 Å². The molecule has 3 rings (SSSR count). The SMILES string of the molecule is O=C(COC(=O)[C@H](Cc1ccccc1)NC(=O)c1ccc([N+](=O)[O-])cc1)c1ccc(Cl)cc1. The first-order valence-electron chi connectivity index (χ1n) is 9.88. The first-order chi connectivity index (χ1) is 15.8. The van der Waals surface area contributed by atoms with E-state index >= 15 is 0 Å². The highest BCUT2D eigenvalue weighted by Gasteiger charge is 2.24. The summed E-state index contributed by atoms with van der Waals surface area (Å²) in [6, 6.07) is 19.0. The molecule has 0 aliphatic heterocycles. The molecule has 3 aromatic rings. The summed E-state index contributed by atoms with van der Waals surface area (Å²) >= 11 is 5.82. The normalized spacial score (nSPS) is 11.3. The highest BCUT2D eigenvalue weighted by Crippen LogP contribution is 2.13. The van der Waals surface area contributed by atoms with Crippen LogP contribution in [0.1, 0.15) is 26.3 Å². The summed E-state index contributed by atoms with van der Waals surface area (Å²) in [4.78, 5) is 47.9. The van der Waals surface area contributed by atoms with Crippen LogP contribution in [-0.4, -0.2) is 35.2 Å². The van der Waals surface area contributed by atoms with Crippen LogP contribution >= 0.6 is 11.6 Å². The van der Waals surface area contributed by atoms with Crippen LogP contribution in [0.3, 0.4) is 0 Å². The number of nitro groups is 1. The second-order valence-corrected chi connectivity index (χ2v) is 7.49. The molecular formula is C24H19ClN2O6. The molecule has 0 bridgehead atoms. The summed E-state index contributed by atoms with van der Waals surface area (Å²) in [5.74, 6) is -1.80. The van der Waals surface area contributed by atoms with E-state index in [1.807, 2.05) is 6.07 Å². The molecule has 168 valence electrons. The van der Waals surface area contributed by atoms with Crippen molar-refractivity contribution in [3.8, 4) is 0 Å². The van der Waals surface area contributed by atoms with E-state index in [-0.39, 0.29) is 17.7 Å². The van der Waals surface area contributed by atoms with Gasteiger partial charge >= 0.3 is 5.97 Å². The molecule has 1 N–H and O–H groups in total. The number of Topliss-reactive ketones (excluding diaryl/α,β-unsaturated/α-hetero) is 1. The number of hydrogen-bond acceptors (Lipinski definition) is 6. The summed E-state index contributed by atoms with van der Waals surface area (Å²) in [6.45, 7) is -0.501. The van der Waals surface area contributed by atoms with Gasteiger partial charge in [0.2, 0.25) is 0 Å². The fourth-order valence-corrected chi connectivity index (χ4v) is 3.10. The highest BCUT2D eigenvalue weighted by atomic mass is 35.5. The van der Waals surface area contributed by atoms with E-state index < -0.39 is 35.2 Å². The van der Waals surface area contributed by atoms with Crippen molar-refractivity contribution >= 4 is 34.9 Å². The molecule has 0 aliphatic rings. The van der Waals surface area contributed by atoms with Crippen molar-refractivity contribution in [2.45, 2.75) is 12.5 Å². The number of benzene rings is 3. The number of halogens is 1. The minimum absolute atomic E-state index is 0.132. The summed E-state index contributed by atoms with van der Waals surface area (Å²) in [5.41, 5.74) is 1.09. The average Bonchev–Trinajstić information content (AvgIpc) is 2.83. The molecule has 9 heteroatoms. The quantitative estimate of drug-likeness (QED) is 0.220. The van der Waals surface area contributed by atoms with Gasteiger partial charge in [0, 0.05) is 34.7 Å². The molecule has 0 saturated carbocycles. The molecule has 33 heavy (non-hydrogen) atoms. The van der Waals surface area contributed by atoms with Gasteiger partial charge in [-0.05, 0) is 42.0 Å². The van der Waals surface area contributed by atoms with Gasteiger partial charge in [-0.25, -0.2) is 4.79 Å². The number of ketones is 1. The molecule has 0 radical (unpaired) electrons. The lowest BCUT2D eigenvalue weighted by molar-refractivity contribution is -0.384. The number of nitrogens with one attached hydrogen (secondary N) is 1. The van der Waals surface area contributed by atoms with Gasteiger partial charge in [-0.1, -0.05) is 41.9 Å². The van der Waals surface area contributed by atoms with Crippen LogP contribution in [0.2, 0.25) is 5.02 Å². The number of ether oxygens (including phenoxy) is 1. The molecule has 0 unspecified atom stereocenters. The van der Waals surface area contributed by atoms with Gasteiger partial charge in [0.15, 0.2) is 12.4 Å². The van der Waals surface area contributed by atoms with Gasteiger partial charge in [0.1, 0.15) is 6.04 Å². The van der Waals surface area contributed by atoms with E-state index in [4.69, 9.17) is 16.3 Å². The molecule has 1 amide bonds. The Morgan fingerprint density at radius 2 is 1.52 bits per heavy atom. The summed E-state index contributed by atoms with van der Waals surface area (Å²) in [7, 11) is 0. The van der Waals surface area contributed by atoms with Crippen LogP contribution < -0.4 is 5.32 Å². The van der Waals surface area contributed by atoms with E-state index in [2.05, 4.69) is 5.32 Å². The molecular weight excluding hydrogens is 448 g/mol. The topological polar surface area (TPSA) is 116 Å². The summed E-state index contributed by atoms with van der Waals surface area (Å²) < 4.78 is 5.18. The van der Waals surface area contributed by atoms with E-state index in [1.165, 1.54) is 36.4 Å². The summed E-state index contributed by atoms with van der Waals surface area (Å²) in [5, 5.41) is 13.9. The average molecular weight is 467 g/mol.